The molecule has 0 fully saturated rings. The van der Waals surface area contributed by atoms with Crippen molar-refractivity contribution in [3.63, 3.8) is 0 Å². The molecule has 0 radical (unpaired) electrons. The zero-order valence-electron chi connectivity index (χ0n) is 13.1. The Morgan fingerprint density at radius 3 is 2.45 bits per heavy atom. The summed E-state index contributed by atoms with van der Waals surface area (Å²) in [5, 5.41) is 2.92. The molecule has 0 saturated carbocycles. The van der Waals surface area contributed by atoms with E-state index in [1.807, 2.05) is 13.0 Å². The highest BCUT2D eigenvalue weighted by molar-refractivity contribution is 5.93. The smallest absolute Gasteiger partial charge is 0.251 e. The minimum Gasteiger partial charge on any atom is -0.496 e. The van der Waals surface area contributed by atoms with Crippen LogP contribution in [0.5, 0.6) is 5.75 Å². The van der Waals surface area contributed by atoms with E-state index in [0.717, 1.165) is 17.7 Å². The first-order valence-corrected chi connectivity index (χ1v) is 6.94. The van der Waals surface area contributed by atoms with Gasteiger partial charge in [-0.25, -0.2) is 0 Å². The van der Waals surface area contributed by atoms with Crippen molar-refractivity contribution in [1.29, 1.82) is 0 Å². The normalized spacial score (nSPS) is 9.77. The number of nitrogens with zero attached hydrogens (tertiary/aromatic N) is 1. The topological polar surface area (TPSA) is 51.2 Å². The largest absolute Gasteiger partial charge is 0.496 e. The monoisotopic (exact) mass is 320 g/mol. The molecule has 2 rings (SSSR count). The number of ether oxygens (including phenoxy) is 1. The number of hydrogen-bond donors (Lipinski definition) is 1. The summed E-state index contributed by atoms with van der Waals surface area (Å²) in [7, 11) is 1.68. The fourth-order valence-electron chi connectivity index (χ4n) is 2.26. The van der Waals surface area contributed by atoms with E-state index < -0.39 is 0 Å². The summed E-state index contributed by atoms with van der Waals surface area (Å²) in [6.07, 6.45) is 4.03. The van der Waals surface area contributed by atoms with E-state index in [1.54, 1.807) is 31.6 Å². The molecule has 1 heterocycles. The first-order valence-electron chi connectivity index (χ1n) is 6.94. The first-order chi connectivity index (χ1) is 10.1. The molecule has 0 atom stereocenters. The van der Waals surface area contributed by atoms with Gasteiger partial charge in [0.2, 0.25) is 0 Å². The Balaban J connectivity index is 0.00000242. The van der Waals surface area contributed by atoms with Gasteiger partial charge in [0.15, 0.2) is 0 Å². The maximum atomic E-state index is 11.9. The fraction of sp³-hybridized carbons (Fsp3) is 0.294. The van der Waals surface area contributed by atoms with Crippen LogP contribution in [0.2, 0.25) is 0 Å². The van der Waals surface area contributed by atoms with E-state index in [-0.39, 0.29) is 18.3 Å². The van der Waals surface area contributed by atoms with Gasteiger partial charge in [0.05, 0.1) is 7.11 Å². The van der Waals surface area contributed by atoms with Crippen molar-refractivity contribution in [2.24, 2.45) is 0 Å². The summed E-state index contributed by atoms with van der Waals surface area (Å²) < 4.78 is 5.31. The van der Waals surface area contributed by atoms with Crippen LogP contribution in [0.25, 0.3) is 0 Å². The summed E-state index contributed by atoms with van der Waals surface area (Å²) in [5.74, 6) is 0.831. The second kappa shape index (κ2) is 8.39. The van der Waals surface area contributed by atoms with Crippen molar-refractivity contribution in [2.75, 3.05) is 13.7 Å². The van der Waals surface area contributed by atoms with Crippen LogP contribution in [-0.2, 0) is 6.42 Å². The molecule has 0 spiro atoms. The highest BCUT2D eigenvalue weighted by atomic mass is 35.5. The molecule has 1 amide bonds. The van der Waals surface area contributed by atoms with Crippen LogP contribution in [-0.4, -0.2) is 24.5 Å². The lowest BCUT2D eigenvalue weighted by molar-refractivity contribution is 0.0954. The molecule has 0 saturated heterocycles. The summed E-state index contributed by atoms with van der Waals surface area (Å²) in [6.45, 7) is 4.73. The molecule has 118 valence electrons. The van der Waals surface area contributed by atoms with Crippen molar-refractivity contribution in [1.82, 2.24) is 10.3 Å². The first kappa shape index (κ1) is 18.0. The minimum absolute atomic E-state index is 0. The Morgan fingerprint density at radius 1 is 1.14 bits per heavy atom. The van der Waals surface area contributed by atoms with Gasteiger partial charge in [0.25, 0.3) is 5.91 Å². The van der Waals surface area contributed by atoms with Gasteiger partial charge in [-0.2, -0.15) is 0 Å². The number of carbonyl (C=O) groups excluding carboxylic acids is 1. The van der Waals surface area contributed by atoms with Gasteiger partial charge >= 0.3 is 0 Å². The molecule has 1 aromatic heterocycles. The molecule has 4 nitrogen and oxygen atoms in total. The Morgan fingerprint density at radius 2 is 1.82 bits per heavy atom. The average molecular weight is 321 g/mol. The number of nitrogens with one attached hydrogen (secondary N) is 1. The number of amides is 1. The summed E-state index contributed by atoms with van der Waals surface area (Å²) in [4.78, 5) is 15.8. The minimum atomic E-state index is -0.0692. The molecule has 0 aliphatic carbocycles. The zero-order chi connectivity index (χ0) is 15.2. The quantitative estimate of drug-likeness (QED) is 0.921. The van der Waals surface area contributed by atoms with E-state index in [1.165, 1.54) is 11.1 Å². The van der Waals surface area contributed by atoms with Crippen LogP contribution in [0.1, 0.15) is 27.0 Å². The van der Waals surface area contributed by atoms with Crippen LogP contribution in [0.15, 0.2) is 36.7 Å². The predicted molar refractivity (Wildman–Crippen MR) is 90.0 cm³/mol. The Hall–Kier alpha value is -2.07. The average Bonchev–Trinajstić information content (AvgIpc) is 2.52. The Kier molecular flexibility index (Phi) is 6.86. The summed E-state index contributed by atoms with van der Waals surface area (Å²) >= 11 is 0. The van der Waals surface area contributed by atoms with E-state index in [4.69, 9.17) is 4.74 Å². The Labute approximate surface area is 137 Å². The lowest BCUT2D eigenvalue weighted by Gasteiger charge is -2.13. The van der Waals surface area contributed by atoms with Crippen molar-refractivity contribution in [2.45, 2.75) is 20.3 Å². The Bertz CT molecular complexity index is 630. The lowest BCUT2D eigenvalue weighted by Crippen LogP contribution is -2.25. The number of pyridine rings is 1. The van der Waals surface area contributed by atoms with E-state index >= 15 is 0 Å². The van der Waals surface area contributed by atoms with Crippen molar-refractivity contribution < 1.29 is 9.53 Å². The van der Waals surface area contributed by atoms with Gasteiger partial charge < -0.3 is 10.1 Å². The molecular formula is C17H21ClN2O2. The van der Waals surface area contributed by atoms with Crippen molar-refractivity contribution in [3.05, 3.63) is 58.9 Å². The number of methoxy groups -OCH3 is 1. The standard InChI is InChI=1S/C17H20N2O2.ClH/c1-12-13(2)16(21-3)5-4-14(12)8-11-19-17(20)15-6-9-18-10-7-15;/h4-7,9-10H,8,11H2,1-3H3,(H,19,20);1H. The van der Waals surface area contributed by atoms with E-state index in [0.29, 0.717) is 12.1 Å². The molecule has 22 heavy (non-hydrogen) atoms. The van der Waals surface area contributed by atoms with Gasteiger partial charge in [-0.1, -0.05) is 6.07 Å². The SMILES string of the molecule is COc1ccc(CCNC(=O)c2ccncc2)c(C)c1C.Cl. The van der Waals surface area contributed by atoms with Crippen LogP contribution < -0.4 is 10.1 Å². The van der Waals surface area contributed by atoms with Crippen LogP contribution in [0.4, 0.5) is 0 Å². The molecule has 1 N–H and O–H groups in total. The van der Waals surface area contributed by atoms with Crippen molar-refractivity contribution in [3.8, 4) is 5.75 Å². The molecule has 0 aliphatic rings. The van der Waals surface area contributed by atoms with E-state index in [9.17, 15) is 4.79 Å². The molecule has 2 aromatic rings. The maximum Gasteiger partial charge on any atom is 0.251 e. The maximum absolute atomic E-state index is 11.9. The lowest BCUT2D eigenvalue weighted by atomic mass is 10.00. The number of rotatable bonds is 5. The molecule has 0 unspecified atom stereocenters. The number of carbonyl (C=O) groups is 1. The predicted octanol–water partition coefficient (Wildman–Crippen LogP) is 3.10. The molecule has 0 aliphatic heterocycles. The number of halogens is 1. The van der Waals surface area contributed by atoms with Gasteiger partial charge in [-0.15, -0.1) is 12.4 Å². The molecule has 1 aromatic carbocycles. The zero-order valence-corrected chi connectivity index (χ0v) is 13.9. The second-order valence-electron chi connectivity index (χ2n) is 4.92. The third-order valence-corrected chi connectivity index (χ3v) is 3.69. The highest BCUT2D eigenvalue weighted by Crippen LogP contribution is 2.23. The summed E-state index contributed by atoms with van der Waals surface area (Å²) in [6, 6.07) is 7.44. The fourth-order valence-corrected chi connectivity index (χ4v) is 2.26. The number of hydrogen-bond acceptors (Lipinski definition) is 3. The van der Waals surface area contributed by atoms with Crippen molar-refractivity contribution >= 4 is 18.3 Å². The summed E-state index contributed by atoms with van der Waals surface area (Å²) in [5.41, 5.74) is 4.22. The molecule has 0 bridgehead atoms. The van der Waals surface area contributed by atoms with Gasteiger partial charge in [-0.05, 0) is 55.2 Å². The van der Waals surface area contributed by atoms with E-state index in [2.05, 4.69) is 23.3 Å². The number of benzene rings is 1. The third kappa shape index (κ3) is 4.21. The van der Waals surface area contributed by atoms with Crippen LogP contribution in [0.3, 0.4) is 0 Å². The highest BCUT2D eigenvalue weighted by Gasteiger charge is 2.08. The van der Waals surface area contributed by atoms with Gasteiger partial charge in [-0.3, -0.25) is 9.78 Å². The molecular weight excluding hydrogens is 300 g/mol. The van der Waals surface area contributed by atoms with Gasteiger partial charge in [0, 0.05) is 24.5 Å². The molecule has 5 heteroatoms. The number of aromatic nitrogens is 1. The van der Waals surface area contributed by atoms with Gasteiger partial charge in [0.1, 0.15) is 5.75 Å². The van der Waals surface area contributed by atoms with Crippen LogP contribution in [0, 0.1) is 13.8 Å². The second-order valence-corrected chi connectivity index (χ2v) is 4.92. The third-order valence-electron chi connectivity index (χ3n) is 3.69. The van der Waals surface area contributed by atoms with Crippen LogP contribution >= 0.6 is 12.4 Å².